The molecule has 2 rings (SSSR count). The molecule has 0 bridgehead atoms. The van der Waals surface area contributed by atoms with Crippen LogP contribution in [0.2, 0.25) is 0 Å². The van der Waals surface area contributed by atoms with Crippen molar-refractivity contribution in [3.8, 4) is 0 Å². The summed E-state index contributed by atoms with van der Waals surface area (Å²) in [6, 6.07) is 3.16. The van der Waals surface area contributed by atoms with Crippen LogP contribution in [-0.4, -0.2) is 102 Å². The highest BCUT2D eigenvalue weighted by Gasteiger charge is 2.42. The van der Waals surface area contributed by atoms with Crippen LogP contribution in [0.4, 0.5) is 0 Å². The number of esters is 1. The number of benzene rings is 1. The van der Waals surface area contributed by atoms with Crippen LogP contribution in [0.1, 0.15) is 59.4 Å². The van der Waals surface area contributed by atoms with Gasteiger partial charge < -0.3 is 47.3 Å². The smallest absolute Gasteiger partial charge is 0.328 e. The molecule has 1 aromatic carbocycles. The summed E-state index contributed by atoms with van der Waals surface area (Å²) in [5.74, 6) is -5.09. The van der Waals surface area contributed by atoms with Crippen molar-refractivity contribution < 1.29 is 43.7 Å². The topological polar surface area (TPSA) is 238 Å². The van der Waals surface area contributed by atoms with E-state index in [0.717, 1.165) is 5.56 Å². The molecular formula is C33H52N6O9. The maximum absolute atomic E-state index is 13.6. The quantitative estimate of drug-likeness (QED) is 0.0902. The Bertz CT molecular complexity index is 1260. The van der Waals surface area contributed by atoms with E-state index in [1.807, 2.05) is 30.3 Å². The molecule has 0 aromatic heterocycles. The number of aliphatic hydroxyl groups is 2. The lowest BCUT2D eigenvalue weighted by atomic mass is 9.84. The number of hydrogen-bond donors (Lipinski definition) is 8. The van der Waals surface area contributed by atoms with Gasteiger partial charge in [-0.3, -0.25) is 24.0 Å². The van der Waals surface area contributed by atoms with E-state index in [2.05, 4.69) is 31.3 Å². The standard InChI is InChI=1S/C33H52N6O9/c1-17(2)26(32(46)37-20(5)33(47)48-6)39-30(44)23-14-10-13-22(23)27(41)25(15-21-11-8-7-9-12-21)38-29(43)19(4)35-28(42)18(3)36-31(45)24(34)16-40/h7-9,11-12,17-20,22-27,40-41H,10,13-16,34H2,1-6H3,(H,35,42)(H,36,45)(H,37,46)(H,38,43)(H,39,44)/t18-,19-,20?,22?,23+,24-,25?,26+,27?/m0/s1. The lowest BCUT2D eigenvalue weighted by molar-refractivity contribution is -0.145. The summed E-state index contributed by atoms with van der Waals surface area (Å²) in [5, 5.41) is 33.9. The molecule has 1 aliphatic carbocycles. The minimum atomic E-state index is -1.20. The predicted molar refractivity (Wildman–Crippen MR) is 176 cm³/mol. The third-order valence-electron chi connectivity index (χ3n) is 8.58. The van der Waals surface area contributed by atoms with Crippen molar-refractivity contribution >= 4 is 35.5 Å². The normalized spacial score (nSPS) is 20.2. The zero-order chi connectivity index (χ0) is 36.1. The maximum Gasteiger partial charge on any atom is 0.328 e. The molecule has 15 nitrogen and oxygen atoms in total. The summed E-state index contributed by atoms with van der Waals surface area (Å²) in [6.45, 7) is 7.27. The number of nitrogens with one attached hydrogen (secondary N) is 5. The van der Waals surface area contributed by atoms with Crippen molar-refractivity contribution in [1.29, 1.82) is 0 Å². The Labute approximate surface area is 281 Å². The maximum atomic E-state index is 13.6. The molecule has 0 radical (unpaired) electrons. The lowest BCUT2D eigenvalue weighted by Crippen LogP contribution is -2.57. The fraction of sp³-hybridized carbons (Fsp3) is 0.636. The Morgan fingerprint density at radius 1 is 0.812 bits per heavy atom. The van der Waals surface area contributed by atoms with Crippen LogP contribution in [0.3, 0.4) is 0 Å². The Balaban J connectivity index is 2.19. The number of amides is 5. The Morgan fingerprint density at radius 3 is 1.94 bits per heavy atom. The first-order valence-corrected chi connectivity index (χ1v) is 16.3. The summed E-state index contributed by atoms with van der Waals surface area (Å²) >= 11 is 0. The molecule has 1 aromatic rings. The van der Waals surface area contributed by atoms with Crippen LogP contribution in [0, 0.1) is 17.8 Å². The molecule has 9 N–H and O–H groups in total. The number of rotatable bonds is 17. The summed E-state index contributed by atoms with van der Waals surface area (Å²) in [6.07, 6.45) is 0.657. The molecule has 9 atom stereocenters. The SMILES string of the molecule is COC(=O)C(C)NC(=O)[C@H](NC(=O)[C@@H]1CCCC1C(O)C(Cc1ccccc1)NC(=O)[C@H](C)NC(=O)[C@H](C)NC(=O)[C@@H](N)CO)C(C)C. The monoisotopic (exact) mass is 676 g/mol. The fourth-order valence-electron chi connectivity index (χ4n) is 5.66. The molecule has 4 unspecified atom stereocenters. The van der Waals surface area contributed by atoms with Crippen LogP contribution in [0.5, 0.6) is 0 Å². The first kappa shape index (κ1) is 40.1. The molecular weight excluding hydrogens is 624 g/mol. The predicted octanol–water partition coefficient (Wildman–Crippen LogP) is -1.36. The Kier molecular flexibility index (Phi) is 15.9. The molecule has 1 saturated carbocycles. The van der Waals surface area contributed by atoms with Gasteiger partial charge in [0.1, 0.15) is 30.2 Å². The van der Waals surface area contributed by atoms with Crippen molar-refractivity contribution in [2.75, 3.05) is 13.7 Å². The van der Waals surface area contributed by atoms with Crippen molar-refractivity contribution in [3.63, 3.8) is 0 Å². The Hall–Kier alpha value is -4.08. The van der Waals surface area contributed by atoms with Gasteiger partial charge in [-0.05, 0) is 57.4 Å². The second-order valence-corrected chi connectivity index (χ2v) is 12.7. The van der Waals surface area contributed by atoms with E-state index >= 15 is 0 Å². The van der Waals surface area contributed by atoms with Crippen LogP contribution < -0.4 is 32.3 Å². The number of hydrogen-bond acceptors (Lipinski definition) is 10. The van der Waals surface area contributed by atoms with E-state index in [0.29, 0.717) is 19.3 Å². The van der Waals surface area contributed by atoms with Gasteiger partial charge in [-0.15, -0.1) is 0 Å². The third kappa shape index (κ3) is 11.6. The van der Waals surface area contributed by atoms with E-state index in [4.69, 9.17) is 10.8 Å². The number of nitrogens with two attached hydrogens (primary N) is 1. The summed E-state index contributed by atoms with van der Waals surface area (Å²) in [5.41, 5.74) is 6.31. The average Bonchev–Trinajstić information content (AvgIpc) is 3.55. The fourth-order valence-corrected chi connectivity index (χ4v) is 5.66. The average molecular weight is 677 g/mol. The van der Waals surface area contributed by atoms with E-state index in [9.17, 15) is 33.9 Å². The third-order valence-corrected chi connectivity index (χ3v) is 8.58. The van der Waals surface area contributed by atoms with Gasteiger partial charge in [-0.1, -0.05) is 50.6 Å². The van der Waals surface area contributed by atoms with Crippen molar-refractivity contribution in [3.05, 3.63) is 35.9 Å². The molecule has 48 heavy (non-hydrogen) atoms. The molecule has 1 fully saturated rings. The lowest BCUT2D eigenvalue weighted by Gasteiger charge is -2.33. The second kappa shape index (κ2) is 19.1. The van der Waals surface area contributed by atoms with Crippen LogP contribution >= 0.6 is 0 Å². The minimum Gasteiger partial charge on any atom is -0.467 e. The highest BCUT2D eigenvalue weighted by Crippen LogP contribution is 2.36. The number of aliphatic hydroxyl groups excluding tert-OH is 2. The Morgan fingerprint density at radius 2 is 1.38 bits per heavy atom. The van der Waals surface area contributed by atoms with E-state index < -0.39 is 96.3 Å². The first-order valence-electron chi connectivity index (χ1n) is 16.3. The van der Waals surface area contributed by atoms with Gasteiger partial charge in [-0.2, -0.15) is 0 Å². The molecule has 15 heteroatoms. The summed E-state index contributed by atoms with van der Waals surface area (Å²) in [7, 11) is 1.21. The summed E-state index contributed by atoms with van der Waals surface area (Å²) in [4.78, 5) is 76.4. The van der Waals surface area contributed by atoms with E-state index in [1.165, 1.54) is 27.9 Å². The van der Waals surface area contributed by atoms with E-state index in [-0.39, 0.29) is 12.3 Å². The van der Waals surface area contributed by atoms with Gasteiger partial charge in [0.2, 0.25) is 29.5 Å². The first-order chi connectivity index (χ1) is 22.6. The number of ether oxygens (including phenoxy) is 1. The van der Waals surface area contributed by atoms with Crippen LogP contribution in [-0.2, 0) is 39.9 Å². The van der Waals surface area contributed by atoms with Crippen LogP contribution in [0.15, 0.2) is 30.3 Å². The second-order valence-electron chi connectivity index (χ2n) is 12.7. The molecule has 0 saturated heterocycles. The molecule has 0 spiro atoms. The molecule has 1 aliphatic rings. The van der Waals surface area contributed by atoms with Gasteiger partial charge in [-0.25, -0.2) is 4.79 Å². The molecule has 268 valence electrons. The molecule has 0 aliphatic heterocycles. The van der Waals surface area contributed by atoms with Gasteiger partial charge in [0.25, 0.3) is 0 Å². The zero-order valence-electron chi connectivity index (χ0n) is 28.5. The van der Waals surface area contributed by atoms with Crippen molar-refractivity contribution in [2.24, 2.45) is 23.5 Å². The van der Waals surface area contributed by atoms with Gasteiger partial charge >= 0.3 is 5.97 Å². The minimum absolute atomic E-state index is 0.229. The number of carbonyl (C=O) groups excluding carboxylic acids is 6. The summed E-state index contributed by atoms with van der Waals surface area (Å²) < 4.78 is 4.67. The highest BCUT2D eigenvalue weighted by molar-refractivity contribution is 5.93. The number of methoxy groups -OCH3 is 1. The highest BCUT2D eigenvalue weighted by atomic mass is 16.5. The van der Waals surface area contributed by atoms with Crippen molar-refractivity contribution in [2.45, 2.75) is 103 Å². The van der Waals surface area contributed by atoms with Gasteiger partial charge in [0, 0.05) is 5.92 Å². The largest absolute Gasteiger partial charge is 0.467 e. The van der Waals surface area contributed by atoms with Gasteiger partial charge in [0.15, 0.2) is 0 Å². The number of carbonyl (C=O) groups is 6. The van der Waals surface area contributed by atoms with Crippen LogP contribution in [0.25, 0.3) is 0 Å². The van der Waals surface area contributed by atoms with Crippen molar-refractivity contribution in [1.82, 2.24) is 26.6 Å². The van der Waals surface area contributed by atoms with Gasteiger partial charge in [0.05, 0.1) is 25.9 Å². The zero-order valence-corrected chi connectivity index (χ0v) is 28.5. The molecule has 0 heterocycles. The van der Waals surface area contributed by atoms with E-state index in [1.54, 1.807) is 13.8 Å². The molecule has 5 amide bonds.